The van der Waals surface area contributed by atoms with E-state index in [-0.39, 0.29) is 11.5 Å². The fourth-order valence-corrected chi connectivity index (χ4v) is 2.95. The van der Waals surface area contributed by atoms with E-state index in [1.165, 1.54) is 7.11 Å². The number of anilines is 1. The van der Waals surface area contributed by atoms with Crippen LogP contribution < -0.4 is 11.1 Å². The average molecular weight is 408 g/mol. The summed E-state index contributed by atoms with van der Waals surface area (Å²) in [6, 6.07) is 2.70. The quantitative estimate of drug-likeness (QED) is 0.735. The van der Waals surface area contributed by atoms with Crippen LogP contribution >= 0.6 is 31.9 Å². The van der Waals surface area contributed by atoms with Gasteiger partial charge < -0.3 is 15.8 Å². The molecule has 1 unspecified atom stereocenters. The van der Waals surface area contributed by atoms with Crippen molar-refractivity contribution in [2.75, 3.05) is 12.4 Å². The molecule has 0 aliphatic carbocycles. The molecule has 110 valence electrons. The Kier molecular flexibility index (Phi) is 6.64. The van der Waals surface area contributed by atoms with Gasteiger partial charge in [0.1, 0.15) is 0 Å². The molecule has 0 saturated heterocycles. The zero-order valence-corrected chi connectivity index (χ0v) is 14.4. The summed E-state index contributed by atoms with van der Waals surface area (Å²) in [6.07, 6.45) is 1.38. The Bertz CT molecular complexity index is 521. The largest absolute Gasteiger partial charge is 0.465 e. The first-order chi connectivity index (χ1) is 9.40. The Morgan fingerprint density at radius 1 is 1.40 bits per heavy atom. The van der Waals surface area contributed by atoms with E-state index in [9.17, 15) is 9.59 Å². The predicted molar refractivity (Wildman–Crippen MR) is 84.7 cm³/mol. The summed E-state index contributed by atoms with van der Waals surface area (Å²) in [5, 5.41) is 2.67. The number of benzene rings is 1. The number of carbonyl (C=O) groups excluding carboxylic acids is 2. The highest BCUT2D eigenvalue weighted by atomic mass is 79.9. The van der Waals surface area contributed by atoms with Gasteiger partial charge in [-0.15, -0.1) is 0 Å². The molecule has 20 heavy (non-hydrogen) atoms. The number of nitrogens with one attached hydrogen (secondary N) is 1. The zero-order chi connectivity index (χ0) is 15.3. The van der Waals surface area contributed by atoms with Crippen molar-refractivity contribution in [3.63, 3.8) is 0 Å². The Balaban J connectivity index is 3.10. The summed E-state index contributed by atoms with van der Waals surface area (Å²) in [7, 11) is 1.28. The second kappa shape index (κ2) is 7.75. The standard InChI is InChI=1S/C13H16Br2N2O3/c1-3-4-10(16)12(18)17-11-8(13(19)20-2)5-7(14)6-9(11)15/h5-6,10H,3-4,16H2,1-2H3,(H,17,18). The van der Waals surface area contributed by atoms with Crippen LogP contribution in [0.5, 0.6) is 0 Å². The van der Waals surface area contributed by atoms with E-state index in [0.717, 1.165) is 6.42 Å². The maximum absolute atomic E-state index is 12.0. The molecule has 0 aliphatic heterocycles. The van der Waals surface area contributed by atoms with Crippen LogP contribution in [0.1, 0.15) is 30.1 Å². The molecule has 0 aliphatic rings. The number of methoxy groups -OCH3 is 1. The van der Waals surface area contributed by atoms with Crippen LogP contribution in [0.25, 0.3) is 0 Å². The van der Waals surface area contributed by atoms with Crippen molar-refractivity contribution in [1.82, 2.24) is 0 Å². The Hall–Kier alpha value is -0.920. The summed E-state index contributed by atoms with van der Waals surface area (Å²) in [5.74, 6) is -0.869. The first-order valence-corrected chi connectivity index (χ1v) is 7.63. The molecule has 0 bridgehead atoms. The predicted octanol–water partition coefficient (Wildman–Crippen LogP) is 3.06. The molecule has 3 N–H and O–H groups in total. The number of ether oxygens (including phenoxy) is 1. The van der Waals surface area contributed by atoms with Gasteiger partial charge >= 0.3 is 5.97 Å². The number of nitrogens with two attached hydrogens (primary N) is 1. The first-order valence-electron chi connectivity index (χ1n) is 6.04. The lowest BCUT2D eigenvalue weighted by Gasteiger charge is -2.15. The molecule has 0 aromatic heterocycles. The lowest BCUT2D eigenvalue weighted by atomic mass is 10.1. The summed E-state index contributed by atoms with van der Waals surface area (Å²) in [6.45, 7) is 1.95. The molecule has 0 radical (unpaired) electrons. The monoisotopic (exact) mass is 406 g/mol. The van der Waals surface area contributed by atoms with Gasteiger partial charge in [0, 0.05) is 8.95 Å². The number of hydrogen-bond donors (Lipinski definition) is 2. The van der Waals surface area contributed by atoms with E-state index in [2.05, 4.69) is 37.2 Å². The van der Waals surface area contributed by atoms with Crippen molar-refractivity contribution in [1.29, 1.82) is 0 Å². The molecule has 0 fully saturated rings. The van der Waals surface area contributed by atoms with Gasteiger partial charge in [-0.3, -0.25) is 4.79 Å². The topological polar surface area (TPSA) is 81.4 Å². The number of halogens is 2. The Morgan fingerprint density at radius 2 is 2.05 bits per heavy atom. The van der Waals surface area contributed by atoms with E-state index < -0.39 is 12.0 Å². The van der Waals surface area contributed by atoms with Crippen LogP contribution in [0.3, 0.4) is 0 Å². The average Bonchev–Trinajstić information content (AvgIpc) is 2.40. The van der Waals surface area contributed by atoms with E-state index >= 15 is 0 Å². The van der Waals surface area contributed by atoms with Crippen LogP contribution in [0.2, 0.25) is 0 Å². The maximum Gasteiger partial charge on any atom is 0.340 e. The minimum absolute atomic E-state index is 0.255. The zero-order valence-electron chi connectivity index (χ0n) is 11.2. The van der Waals surface area contributed by atoms with Crippen LogP contribution in [-0.4, -0.2) is 25.0 Å². The normalized spacial score (nSPS) is 11.8. The van der Waals surface area contributed by atoms with Crippen molar-refractivity contribution in [3.8, 4) is 0 Å². The Morgan fingerprint density at radius 3 is 2.60 bits per heavy atom. The second-order valence-corrected chi connectivity index (χ2v) is 5.96. The van der Waals surface area contributed by atoms with Gasteiger partial charge in [-0.05, 0) is 34.5 Å². The van der Waals surface area contributed by atoms with Gasteiger partial charge in [0.05, 0.1) is 24.4 Å². The van der Waals surface area contributed by atoms with Crippen molar-refractivity contribution in [2.45, 2.75) is 25.8 Å². The number of rotatable bonds is 5. The van der Waals surface area contributed by atoms with Crippen LogP contribution in [0.15, 0.2) is 21.1 Å². The maximum atomic E-state index is 12.0. The summed E-state index contributed by atoms with van der Waals surface area (Å²) in [4.78, 5) is 23.8. The SMILES string of the molecule is CCCC(N)C(=O)Nc1c(Br)cc(Br)cc1C(=O)OC. The molecule has 1 rings (SSSR count). The van der Waals surface area contributed by atoms with E-state index in [1.807, 2.05) is 6.92 Å². The molecule has 0 saturated carbocycles. The minimum Gasteiger partial charge on any atom is -0.465 e. The molecule has 1 amide bonds. The van der Waals surface area contributed by atoms with Crippen molar-refractivity contribution < 1.29 is 14.3 Å². The second-order valence-electron chi connectivity index (χ2n) is 4.19. The Labute approximate surface area is 134 Å². The van der Waals surface area contributed by atoms with Crippen molar-refractivity contribution >= 4 is 49.4 Å². The molecule has 5 nitrogen and oxygen atoms in total. The third-order valence-corrected chi connectivity index (χ3v) is 3.73. The van der Waals surface area contributed by atoms with Gasteiger partial charge in [0.15, 0.2) is 0 Å². The summed E-state index contributed by atoms with van der Waals surface area (Å²) >= 11 is 6.61. The van der Waals surface area contributed by atoms with Crippen LogP contribution in [0, 0.1) is 0 Å². The summed E-state index contributed by atoms with van der Waals surface area (Å²) in [5.41, 5.74) is 6.37. The van der Waals surface area contributed by atoms with Gasteiger partial charge in [-0.1, -0.05) is 29.3 Å². The fourth-order valence-electron chi connectivity index (χ4n) is 1.63. The third kappa shape index (κ3) is 4.29. The molecule has 1 aromatic carbocycles. The van der Waals surface area contributed by atoms with E-state index in [0.29, 0.717) is 21.1 Å². The molecule has 7 heteroatoms. The molecule has 1 aromatic rings. The summed E-state index contributed by atoms with van der Waals surface area (Å²) < 4.78 is 5.98. The number of amides is 1. The van der Waals surface area contributed by atoms with Gasteiger partial charge in [-0.25, -0.2) is 4.79 Å². The van der Waals surface area contributed by atoms with Crippen LogP contribution in [-0.2, 0) is 9.53 Å². The van der Waals surface area contributed by atoms with Gasteiger partial charge in [-0.2, -0.15) is 0 Å². The van der Waals surface area contributed by atoms with Crippen molar-refractivity contribution in [3.05, 3.63) is 26.6 Å². The van der Waals surface area contributed by atoms with Crippen LogP contribution in [0.4, 0.5) is 5.69 Å². The first kappa shape index (κ1) is 17.1. The number of esters is 1. The lowest BCUT2D eigenvalue weighted by Crippen LogP contribution is -2.35. The molecular weight excluding hydrogens is 392 g/mol. The number of hydrogen-bond acceptors (Lipinski definition) is 4. The third-order valence-electron chi connectivity index (χ3n) is 2.64. The highest BCUT2D eigenvalue weighted by molar-refractivity contribution is 9.11. The molecule has 1 atom stereocenters. The lowest BCUT2D eigenvalue weighted by molar-refractivity contribution is -0.117. The van der Waals surface area contributed by atoms with E-state index in [4.69, 9.17) is 10.5 Å². The molecular formula is C13H16Br2N2O3. The molecule has 0 heterocycles. The van der Waals surface area contributed by atoms with E-state index in [1.54, 1.807) is 12.1 Å². The highest BCUT2D eigenvalue weighted by Crippen LogP contribution is 2.31. The fraction of sp³-hybridized carbons (Fsp3) is 0.385. The minimum atomic E-state index is -0.610. The smallest absolute Gasteiger partial charge is 0.340 e. The molecule has 0 spiro atoms. The van der Waals surface area contributed by atoms with Gasteiger partial charge in [0.25, 0.3) is 0 Å². The van der Waals surface area contributed by atoms with Crippen molar-refractivity contribution in [2.24, 2.45) is 5.73 Å². The van der Waals surface area contributed by atoms with Gasteiger partial charge in [0.2, 0.25) is 5.91 Å². The highest BCUT2D eigenvalue weighted by Gasteiger charge is 2.20. The number of carbonyl (C=O) groups is 2.